The van der Waals surface area contributed by atoms with Crippen molar-refractivity contribution in [3.05, 3.63) is 0 Å². The third kappa shape index (κ3) is 3.73. The molecular weight excluding hydrogens is 360 g/mol. The van der Waals surface area contributed by atoms with Gasteiger partial charge in [-0.15, -0.1) is 0 Å². The molecule has 0 aromatic rings. The maximum atomic E-state index is 2.75. The van der Waals surface area contributed by atoms with Crippen molar-refractivity contribution in [3.8, 4) is 0 Å². The maximum absolute atomic E-state index is 2.75. The summed E-state index contributed by atoms with van der Waals surface area (Å²) in [6.07, 6.45) is 18.6. The summed E-state index contributed by atoms with van der Waals surface area (Å²) in [5, 5.41) is 0. The molecule has 0 spiro atoms. The Morgan fingerprint density at radius 1 is 0.833 bits per heavy atom. The molecule has 5 saturated carbocycles. The Labute approximate surface area is 189 Å². The van der Waals surface area contributed by atoms with Crippen molar-refractivity contribution in [1.29, 1.82) is 0 Å². The van der Waals surface area contributed by atoms with Crippen LogP contribution in [0.4, 0.5) is 0 Å². The zero-order chi connectivity index (χ0) is 21.7. The van der Waals surface area contributed by atoms with Crippen LogP contribution in [0.1, 0.15) is 126 Å². The normalized spacial score (nSPS) is 54.7. The van der Waals surface area contributed by atoms with Gasteiger partial charge in [0, 0.05) is 0 Å². The fourth-order valence-electron chi connectivity index (χ4n) is 10.3. The first-order valence-corrected chi connectivity index (χ1v) is 14.4. The molecule has 6 unspecified atom stereocenters. The number of hydrogen-bond donors (Lipinski definition) is 0. The summed E-state index contributed by atoms with van der Waals surface area (Å²) in [6.45, 7) is 17.0. The van der Waals surface area contributed by atoms with Crippen LogP contribution in [-0.4, -0.2) is 0 Å². The molecule has 0 nitrogen and oxygen atoms in total. The SMILES string of the molecule is CC.CCC[C@@H]1C(C)C1C1CCC2C3CC[C@H]4C[C@@H](C)CC[C@]4(C)C3CC[C@]2(C)C1. The van der Waals surface area contributed by atoms with E-state index in [-0.39, 0.29) is 0 Å². The van der Waals surface area contributed by atoms with Crippen molar-refractivity contribution in [3.63, 3.8) is 0 Å². The number of rotatable bonds is 3. The second-order valence-corrected chi connectivity index (χ2v) is 13.2. The smallest absolute Gasteiger partial charge is 0.0266 e. The molecule has 5 fully saturated rings. The lowest BCUT2D eigenvalue weighted by molar-refractivity contribution is -0.136. The van der Waals surface area contributed by atoms with Gasteiger partial charge in [0.2, 0.25) is 0 Å². The summed E-state index contributed by atoms with van der Waals surface area (Å²) in [4.78, 5) is 0. The summed E-state index contributed by atoms with van der Waals surface area (Å²) in [7, 11) is 0. The third-order valence-electron chi connectivity index (χ3n) is 11.8. The molecule has 0 aromatic heterocycles. The van der Waals surface area contributed by atoms with E-state index in [9.17, 15) is 0 Å². The Kier molecular flexibility index (Phi) is 6.75. The van der Waals surface area contributed by atoms with Gasteiger partial charge in [-0.1, -0.05) is 67.7 Å². The molecule has 5 rings (SSSR count). The zero-order valence-corrected chi connectivity index (χ0v) is 21.7. The average molecular weight is 415 g/mol. The largest absolute Gasteiger partial charge is 0.0683 e. The molecule has 0 N–H and O–H groups in total. The van der Waals surface area contributed by atoms with Crippen molar-refractivity contribution in [2.45, 2.75) is 126 Å². The fourth-order valence-corrected chi connectivity index (χ4v) is 10.3. The van der Waals surface area contributed by atoms with Crippen LogP contribution in [0.15, 0.2) is 0 Å². The van der Waals surface area contributed by atoms with Gasteiger partial charge in [-0.25, -0.2) is 0 Å². The van der Waals surface area contributed by atoms with Crippen LogP contribution in [0.3, 0.4) is 0 Å². The van der Waals surface area contributed by atoms with Crippen LogP contribution in [0.2, 0.25) is 0 Å². The maximum Gasteiger partial charge on any atom is -0.0266 e. The molecule has 30 heavy (non-hydrogen) atoms. The van der Waals surface area contributed by atoms with Crippen molar-refractivity contribution < 1.29 is 0 Å². The van der Waals surface area contributed by atoms with Crippen molar-refractivity contribution in [2.24, 2.45) is 64.1 Å². The Hall–Kier alpha value is 0. The predicted molar refractivity (Wildman–Crippen MR) is 131 cm³/mol. The molecule has 0 aromatic carbocycles. The van der Waals surface area contributed by atoms with E-state index in [4.69, 9.17) is 0 Å². The first-order chi connectivity index (χ1) is 14.4. The van der Waals surface area contributed by atoms with Gasteiger partial charge < -0.3 is 0 Å². The zero-order valence-electron chi connectivity index (χ0n) is 21.7. The third-order valence-corrected chi connectivity index (χ3v) is 11.8. The lowest BCUT2D eigenvalue weighted by atomic mass is 9.42. The van der Waals surface area contributed by atoms with E-state index in [2.05, 4.69) is 34.6 Å². The quantitative estimate of drug-likeness (QED) is 0.431. The fraction of sp³-hybridized carbons (Fsp3) is 1.00. The minimum Gasteiger partial charge on any atom is -0.0683 e. The van der Waals surface area contributed by atoms with Crippen LogP contribution in [0.5, 0.6) is 0 Å². The van der Waals surface area contributed by atoms with Gasteiger partial charge >= 0.3 is 0 Å². The van der Waals surface area contributed by atoms with Gasteiger partial charge in [0.05, 0.1) is 0 Å². The Bertz CT molecular complexity index is 579. The topological polar surface area (TPSA) is 0 Å². The lowest BCUT2D eigenvalue weighted by Crippen LogP contribution is -2.55. The van der Waals surface area contributed by atoms with Gasteiger partial charge in [-0.05, 0) is 122 Å². The molecule has 5 aliphatic carbocycles. The van der Waals surface area contributed by atoms with E-state index >= 15 is 0 Å². The highest BCUT2D eigenvalue weighted by Crippen LogP contribution is 2.68. The van der Waals surface area contributed by atoms with Gasteiger partial charge in [0.25, 0.3) is 0 Å². The van der Waals surface area contributed by atoms with E-state index in [1.54, 1.807) is 57.8 Å². The molecule has 5 aliphatic rings. The van der Waals surface area contributed by atoms with E-state index in [0.717, 1.165) is 53.3 Å². The number of hydrogen-bond acceptors (Lipinski definition) is 0. The second kappa shape index (κ2) is 8.74. The van der Waals surface area contributed by atoms with Crippen LogP contribution in [-0.2, 0) is 0 Å². The van der Waals surface area contributed by atoms with Crippen LogP contribution in [0, 0.1) is 64.1 Å². The monoisotopic (exact) mass is 414 g/mol. The molecule has 0 aliphatic heterocycles. The summed E-state index contributed by atoms with van der Waals surface area (Å²) < 4.78 is 0. The number of fused-ring (bicyclic) bond motifs is 5. The molecule has 0 radical (unpaired) electrons. The molecule has 0 saturated heterocycles. The molecular formula is C30H54. The van der Waals surface area contributed by atoms with Crippen molar-refractivity contribution >= 4 is 0 Å². The van der Waals surface area contributed by atoms with Crippen LogP contribution < -0.4 is 0 Å². The highest BCUT2D eigenvalue weighted by molar-refractivity contribution is 5.09. The van der Waals surface area contributed by atoms with Crippen LogP contribution in [0.25, 0.3) is 0 Å². The Morgan fingerprint density at radius 3 is 2.33 bits per heavy atom. The average Bonchev–Trinajstić information content (AvgIpc) is 3.38. The van der Waals surface area contributed by atoms with Crippen molar-refractivity contribution in [2.75, 3.05) is 0 Å². The second-order valence-electron chi connectivity index (χ2n) is 13.2. The Morgan fingerprint density at radius 2 is 1.60 bits per heavy atom. The molecule has 11 atom stereocenters. The molecule has 0 bridgehead atoms. The summed E-state index contributed by atoms with van der Waals surface area (Å²) >= 11 is 0. The Balaban J connectivity index is 0.00000106. The van der Waals surface area contributed by atoms with Crippen molar-refractivity contribution in [1.82, 2.24) is 0 Å². The van der Waals surface area contributed by atoms with Gasteiger partial charge in [0.15, 0.2) is 0 Å². The molecule has 0 heterocycles. The van der Waals surface area contributed by atoms with E-state index in [0.29, 0.717) is 10.8 Å². The summed E-state index contributed by atoms with van der Waals surface area (Å²) in [5.74, 6) is 9.58. The lowest BCUT2D eigenvalue weighted by Gasteiger charge is -2.63. The molecule has 0 heteroatoms. The van der Waals surface area contributed by atoms with E-state index in [1.165, 1.54) is 19.3 Å². The van der Waals surface area contributed by atoms with Crippen LogP contribution >= 0.6 is 0 Å². The summed E-state index contributed by atoms with van der Waals surface area (Å²) in [5.41, 5.74) is 1.39. The van der Waals surface area contributed by atoms with Gasteiger partial charge in [-0.3, -0.25) is 0 Å². The van der Waals surface area contributed by atoms with Gasteiger partial charge in [0.1, 0.15) is 0 Å². The van der Waals surface area contributed by atoms with E-state index in [1.807, 2.05) is 13.8 Å². The highest BCUT2D eigenvalue weighted by atomic mass is 14.6. The minimum atomic E-state index is 0.689. The first kappa shape index (κ1) is 23.2. The van der Waals surface area contributed by atoms with E-state index < -0.39 is 0 Å². The molecule has 174 valence electrons. The minimum absolute atomic E-state index is 0.689. The standard InChI is InChI=1S/C28H48.C2H6/c1-6-7-22-19(3)26(22)20-8-11-24-23-10-9-21-16-18(2)12-15-28(21,5)25(23)13-14-27(24,4)17-20;1-2/h18-26H,6-17H2,1-5H3;1-2H3/t18-,19?,20?,21-,22+,23?,24?,25?,26?,27+,28-;/m0./s1. The first-order valence-electron chi connectivity index (χ1n) is 14.4. The molecule has 0 amide bonds. The highest BCUT2D eigenvalue weighted by Gasteiger charge is 2.60. The summed E-state index contributed by atoms with van der Waals surface area (Å²) in [6, 6.07) is 0. The predicted octanol–water partition coefficient (Wildman–Crippen LogP) is 9.38. The van der Waals surface area contributed by atoms with Gasteiger partial charge in [-0.2, -0.15) is 0 Å².